The number of rotatable bonds is 6. The standard InChI is InChI=1S/C30H30FN7O6/c1-19-33-18-34-38(19)23-15-22(31)8-7-21(23)16-32-26(40)24-25(39)27(41)37-13-14-44-30(28(37)35-24)9-11-36(12-10-30)29(42)43-17-20-5-3-2-4-6-20/h2-8,15,18,39H,9-14,16-17H2,1H3,(H,32,40). The zero-order valence-electron chi connectivity index (χ0n) is 23.9. The fourth-order valence-electron chi connectivity index (χ4n) is 5.56. The molecule has 0 aliphatic carbocycles. The van der Waals surface area contributed by atoms with Gasteiger partial charge in [-0.25, -0.2) is 23.8 Å². The van der Waals surface area contributed by atoms with Gasteiger partial charge in [-0.3, -0.25) is 14.2 Å². The molecule has 13 nitrogen and oxygen atoms in total. The summed E-state index contributed by atoms with van der Waals surface area (Å²) in [7, 11) is 0. The van der Waals surface area contributed by atoms with Crippen LogP contribution in [0.5, 0.6) is 5.75 Å². The van der Waals surface area contributed by atoms with E-state index in [2.05, 4.69) is 20.4 Å². The second-order valence-corrected chi connectivity index (χ2v) is 10.6. The van der Waals surface area contributed by atoms with Gasteiger partial charge in [0, 0.05) is 32.5 Å². The molecule has 0 unspecified atom stereocenters. The molecule has 1 fully saturated rings. The normalized spacial score (nSPS) is 15.5. The Labute approximate surface area is 250 Å². The molecule has 6 rings (SSSR count). The average Bonchev–Trinajstić information content (AvgIpc) is 3.47. The van der Waals surface area contributed by atoms with E-state index in [-0.39, 0.29) is 45.2 Å². The number of nitrogens with one attached hydrogen (secondary N) is 1. The number of piperidine rings is 1. The molecule has 0 radical (unpaired) electrons. The smallest absolute Gasteiger partial charge is 0.410 e. The highest BCUT2D eigenvalue weighted by Gasteiger charge is 2.45. The molecule has 14 heteroatoms. The first-order valence-electron chi connectivity index (χ1n) is 14.1. The Kier molecular flexibility index (Phi) is 7.82. The van der Waals surface area contributed by atoms with E-state index in [9.17, 15) is 23.9 Å². The minimum atomic E-state index is -1.04. The van der Waals surface area contributed by atoms with Crippen LogP contribution in [0.3, 0.4) is 0 Å². The lowest BCUT2D eigenvalue weighted by atomic mass is 9.89. The summed E-state index contributed by atoms with van der Waals surface area (Å²) in [6.45, 7) is 2.69. The molecule has 2 aliphatic heterocycles. The molecule has 4 aromatic rings. The minimum Gasteiger partial charge on any atom is -0.501 e. The molecule has 2 aromatic carbocycles. The van der Waals surface area contributed by atoms with Gasteiger partial charge in [0.1, 0.15) is 36.0 Å². The maximum Gasteiger partial charge on any atom is 0.410 e. The number of carbonyl (C=O) groups is 2. The Hall–Kier alpha value is -5.11. The maximum absolute atomic E-state index is 14.1. The Balaban J connectivity index is 1.19. The maximum atomic E-state index is 14.1. The van der Waals surface area contributed by atoms with Crippen LogP contribution in [0.15, 0.2) is 59.7 Å². The number of hydrogen-bond acceptors (Lipinski definition) is 9. The van der Waals surface area contributed by atoms with Crippen LogP contribution in [-0.2, 0) is 34.8 Å². The second kappa shape index (κ2) is 11.9. The summed E-state index contributed by atoms with van der Waals surface area (Å²) < 4.78 is 28.5. The SMILES string of the molecule is Cc1ncnn1-c1cc(F)ccc1CNC(=O)c1nc2n(c(=O)c1O)CCOC21CCN(C(=O)OCc2ccccc2)CC1. The minimum absolute atomic E-state index is 0.0744. The number of halogens is 1. The van der Waals surface area contributed by atoms with Crippen LogP contribution >= 0.6 is 0 Å². The summed E-state index contributed by atoms with van der Waals surface area (Å²) in [5.41, 5.74) is -0.467. The molecular formula is C30H30FN7O6. The van der Waals surface area contributed by atoms with E-state index < -0.39 is 40.4 Å². The third-order valence-electron chi connectivity index (χ3n) is 7.93. The number of fused-ring (bicyclic) bond motifs is 2. The van der Waals surface area contributed by atoms with Crippen LogP contribution in [0.25, 0.3) is 5.69 Å². The van der Waals surface area contributed by atoms with Crippen molar-refractivity contribution in [3.8, 4) is 11.4 Å². The molecule has 1 spiro atoms. The Morgan fingerprint density at radius 2 is 1.91 bits per heavy atom. The van der Waals surface area contributed by atoms with Crippen molar-refractivity contribution in [3.63, 3.8) is 0 Å². The molecular weight excluding hydrogens is 573 g/mol. The van der Waals surface area contributed by atoms with Crippen molar-refractivity contribution in [2.24, 2.45) is 0 Å². The van der Waals surface area contributed by atoms with Crippen molar-refractivity contribution in [1.82, 2.24) is 34.5 Å². The fraction of sp³-hybridized carbons (Fsp3) is 0.333. The summed E-state index contributed by atoms with van der Waals surface area (Å²) in [4.78, 5) is 49.3. The molecule has 1 saturated heterocycles. The van der Waals surface area contributed by atoms with E-state index in [0.29, 0.717) is 29.9 Å². The van der Waals surface area contributed by atoms with Gasteiger partial charge in [0.15, 0.2) is 5.69 Å². The van der Waals surface area contributed by atoms with Crippen LogP contribution in [0.1, 0.15) is 46.1 Å². The summed E-state index contributed by atoms with van der Waals surface area (Å²) in [6, 6.07) is 13.4. The highest BCUT2D eigenvalue weighted by molar-refractivity contribution is 5.94. The highest BCUT2D eigenvalue weighted by Crippen LogP contribution is 2.38. The molecule has 44 heavy (non-hydrogen) atoms. The zero-order valence-corrected chi connectivity index (χ0v) is 23.9. The predicted octanol–water partition coefficient (Wildman–Crippen LogP) is 2.57. The number of ether oxygens (including phenoxy) is 2. The van der Waals surface area contributed by atoms with Gasteiger partial charge in [-0.05, 0) is 30.2 Å². The Bertz CT molecular complexity index is 1770. The first-order chi connectivity index (χ1) is 21.3. The lowest BCUT2D eigenvalue weighted by Gasteiger charge is -2.43. The van der Waals surface area contributed by atoms with Gasteiger partial charge in [-0.2, -0.15) is 5.10 Å². The molecule has 0 atom stereocenters. The van der Waals surface area contributed by atoms with Crippen LogP contribution in [0, 0.1) is 12.7 Å². The third kappa shape index (κ3) is 5.51. The molecule has 2 N–H and O–H groups in total. The lowest BCUT2D eigenvalue weighted by Crippen LogP contribution is -2.52. The lowest BCUT2D eigenvalue weighted by molar-refractivity contribution is -0.115. The number of aromatic hydroxyl groups is 1. The fourth-order valence-corrected chi connectivity index (χ4v) is 5.56. The summed E-state index contributed by atoms with van der Waals surface area (Å²) in [6.07, 6.45) is 1.49. The number of amides is 2. The van der Waals surface area contributed by atoms with E-state index in [4.69, 9.17) is 9.47 Å². The van der Waals surface area contributed by atoms with Crippen LogP contribution in [-0.4, -0.2) is 66.0 Å². The number of hydrogen-bond donors (Lipinski definition) is 2. The molecule has 0 bridgehead atoms. The molecule has 228 valence electrons. The van der Waals surface area contributed by atoms with E-state index in [0.717, 1.165) is 5.56 Å². The number of likely N-dealkylation sites (tertiary alicyclic amines) is 1. The summed E-state index contributed by atoms with van der Waals surface area (Å²) in [5, 5.41) is 17.5. The zero-order chi connectivity index (χ0) is 30.8. The quantitative estimate of drug-likeness (QED) is 0.339. The van der Waals surface area contributed by atoms with Crippen LogP contribution in [0.2, 0.25) is 0 Å². The van der Waals surface area contributed by atoms with Gasteiger partial charge in [-0.1, -0.05) is 36.4 Å². The monoisotopic (exact) mass is 603 g/mol. The van der Waals surface area contributed by atoms with Gasteiger partial charge < -0.3 is 24.8 Å². The molecule has 0 saturated carbocycles. The number of aryl methyl sites for hydroxylation is 1. The average molecular weight is 604 g/mol. The van der Waals surface area contributed by atoms with Gasteiger partial charge in [-0.15, -0.1) is 0 Å². The number of carbonyl (C=O) groups excluding carboxylic acids is 2. The van der Waals surface area contributed by atoms with Gasteiger partial charge in [0.05, 0.1) is 18.8 Å². The van der Waals surface area contributed by atoms with Gasteiger partial charge >= 0.3 is 6.09 Å². The van der Waals surface area contributed by atoms with E-state index >= 15 is 0 Å². The number of benzene rings is 2. The Morgan fingerprint density at radius 1 is 1.14 bits per heavy atom. The van der Waals surface area contributed by atoms with Crippen molar-refractivity contribution in [1.29, 1.82) is 0 Å². The van der Waals surface area contributed by atoms with Crippen molar-refractivity contribution >= 4 is 12.0 Å². The van der Waals surface area contributed by atoms with Gasteiger partial charge in [0.2, 0.25) is 5.75 Å². The van der Waals surface area contributed by atoms with Crippen molar-refractivity contribution in [3.05, 3.63) is 99.5 Å². The van der Waals surface area contributed by atoms with E-state index in [1.54, 1.807) is 11.8 Å². The molecule has 2 amide bonds. The largest absolute Gasteiger partial charge is 0.501 e. The predicted molar refractivity (Wildman–Crippen MR) is 152 cm³/mol. The van der Waals surface area contributed by atoms with E-state index in [1.165, 1.54) is 33.8 Å². The Morgan fingerprint density at radius 3 is 2.64 bits per heavy atom. The van der Waals surface area contributed by atoms with Gasteiger partial charge in [0.25, 0.3) is 11.5 Å². The second-order valence-electron chi connectivity index (χ2n) is 10.6. The summed E-state index contributed by atoms with van der Waals surface area (Å²) >= 11 is 0. The number of nitrogens with zero attached hydrogens (tertiary/aromatic N) is 6. The third-order valence-corrected chi connectivity index (χ3v) is 7.93. The number of aromatic nitrogens is 5. The molecule has 4 heterocycles. The van der Waals surface area contributed by atoms with Crippen molar-refractivity contribution < 1.29 is 28.6 Å². The summed E-state index contributed by atoms with van der Waals surface area (Å²) in [5.74, 6) is -1.33. The topological polar surface area (TPSA) is 154 Å². The van der Waals surface area contributed by atoms with Crippen molar-refractivity contribution in [2.45, 2.75) is 45.1 Å². The van der Waals surface area contributed by atoms with Crippen LogP contribution < -0.4 is 10.9 Å². The highest BCUT2D eigenvalue weighted by atomic mass is 19.1. The molecule has 2 aromatic heterocycles. The van der Waals surface area contributed by atoms with E-state index in [1.807, 2.05) is 30.3 Å². The van der Waals surface area contributed by atoms with Crippen LogP contribution in [0.4, 0.5) is 9.18 Å². The van der Waals surface area contributed by atoms with Crippen molar-refractivity contribution in [2.75, 3.05) is 19.7 Å². The first-order valence-corrected chi connectivity index (χ1v) is 14.1. The first kappa shape index (κ1) is 29.0. The molecule has 2 aliphatic rings.